The van der Waals surface area contributed by atoms with Crippen LogP contribution in [0.15, 0.2) is 24.3 Å². The highest BCUT2D eigenvalue weighted by Crippen LogP contribution is 2.17. The Kier molecular flexibility index (Phi) is 7.55. The van der Waals surface area contributed by atoms with Crippen molar-refractivity contribution in [3.63, 3.8) is 0 Å². The molecule has 0 unspecified atom stereocenters. The molecule has 0 bridgehead atoms. The molecule has 1 aromatic rings. The molecule has 0 spiro atoms. The van der Waals surface area contributed by atoms with Gasteiger partial charge in [-0.1, -0.05) is 0 Å². The second kappa shape index (κ2) is 9.15. The molecule has 0 aliphatic heterocycles. The van der Waals surface area contributed by atoms with E-state index in [1.165, 1.54) is 0 Å². The van der Waals surface area contributed by atoms with Crippen molar-refractivity contribution >= 4 is 23.4 Å². The van der Waals surface area contributed by atoms with E-state index in [1.54, 1.807) is 20.8 Å². The van der Waals surface area contributed by atoms with E-state index in [9.17, 15) is 9.59 Å². The molecule has 0 aliphatic carbocycles. The summed E-state index contributed by atoms with van der Waals surface area (Å²) in [4.78, 5) is 25.6. The van der Waals surface area contributed by atoms with Gasteiger partial charge in [0.15, 0.2) is 0 Å². The topological polar surface area (TPSA) is 70.7 Å². The van der Waals surface area contributed by atoms with Gasteiger partial charge in [0.2, 0.25) is 5.91 Å². The average Bonchev–Trinajstić information content (AvgIpc) is 2.48. The highest BCUT2D eigenvalue weighted by atomic mass is 16.6. The maximum absolute atomic E-state index is 11.9. The first-order valence-electron chi connectivity index (χ1n) is 8.37. The van der Waals surface area contributed by atoms with Crippen LogP contribution in [-0.2, 0) is 9.53 Å². The Labute approximate surface area is 144 Å². The van der Waals surface area contributed by atoms with Crippen LogP contribution in [0.4, 0.5) is 16.2 Å². The van der Waals surface area contributed by atoms with Gasteiger partial charge in [-0.15, -0.1) is 0 Å². The highest BCUT2D eigenvalue weighted by molar-refractivity contribution is 5.91. The summed E-state index contributed by atoms with van der Waals surface area (Å²) in [5.41, 5.74) is 1.33. The molecular formula is C18H29N3O3. The van der Waals surface area contributed by atoms with Gasteiger partial charge in [0.25, 0.3) is 0 Å². The number of ether oxygens (including phenoxy) is 1. The van der Waals surface area contributed by atoms with Crippen LogP contribution < -0.4 is 15.5 Å². The number of rotatable bonds is 7. The molecule has 0 atom stereocenters. The van der Waals surface area contributed by atoms with Crippen LogP contribution in [0.3, 0.4) is 0 Å². The Bertz CT molecular complexity index is 531. The molecule has 0 fully saturated rings. The first kappa shape index (κ1) is 19.8. The minimum atomic E-state index is -0.543. The Hall–Kier alpha value is -2.24. The fourth-order valence-corrected chi connectivity index (χ4v) is 2.16. The molecule has 0 saturated carbocycles. The average molecular weight is 335 g/mol. The molecule has 1 rings (SSSR count). The molecule has 24 heavy (non-hydrogen) atoms. The van der Waals surface area contributed by atoms with Crippen molar-refractivity contribution in [1.82, 2.24) is 5.32 Å². The molecule has 6 nitrogen and oxygen atoms in total. The van der Waals surface area contributed by atoms with Crippen LogP contribution in [0.5, 0.6) is 0 Å². The molecule has 6 heteroatoms. The van der Waals surface area contributed by atoms with Crippen molar-refractivity contribution in [3.05, 3.63) is 24.3 Å². The zero-order valence-corrected chi connectivity index (χ0v) is 15.3. The van der Waals surface area contributed by atoms with Gasteiger partial charge in [-0.2, -0.15) is 0 Å². The molecule has 0 heterocycles. The fraction of sp³-hybridized carbons (Fsp3) is 0.556. The molecule has 0 aromatic heterocycles. The van der Waals surface area contributed by atoms with Crippen LogP contribution in [-0.4, -0.2) is 37.2 Å². The molecule has 134 valence electrons. The number of hydrogen-bond acceptors (Lipinski definition) is 4. The summed E-state index contributed by atoms with van der Waals surface area (Å²) in [5, 5.41) is 5.38. The number of nitrogens with one attached hydrogen (secondary N) is 2. The van der Waals surface area contributed by atoms with Crippen LogP contribution in [0.25, 0.3) is 0 Å². The van der Waals surface area contributed by atoms with Crippen LogP contribution in [0.2, 0.25) is 0 Å². The normalized spacial score (nSPS) is 10.9. The van der Waals surface area contributed by atoms with Gasteiger partial charge in [-0.05, 0) is 58.9 Å². The number of hydrogen-bond donors (Lipinski definition) is 2. The lowest BCUT2D eigenvalue weighted by atomic mass is 10.2. The van der Waals surface area contributed by atoms with Crippen molar-refractivity contribution in [2.75, 3.05) is 29.9 Å². The van der Waals surface area contributed by atoms with Crippen LogP contribution in [0.1, 0.15) is 41.0 Å². The molecule has 1 aromatic carbocycles. The standard InChI is InChI=1S/C18H29N3O3/c1-6-21(7-2)15-10-8-14(9-11-15)20-16(22)12-13-19-17(23)24-18(3,4)5/h8-11H,6-7,12-13H2,1-5H3,(H,19,23)(H,20,22). The number of carbonyl (C=O) groups excluding carboxylic acids is 2. The third-order valence-electron chi connectivity index (χ3n) is 3.30. The third kappa shape index (κ3) is 7.35. The second-order valence-corrected chi connectivity index (χ2v) is 6.45. The summed E-state index contributed by atoms with van der Waals surface area (Å²) in [6, 6.07) is 7.74. The molecule has 2 N–H and O–H groups in total. The molecule has 0 radical (unpaired) electrons. The molecular weight excluding hydrogens is 306 g/mol. The summed E-state index contributed by atoms with van der Waals surface area (Å²) in [5.74, 6) is -0.151. The summed E-state index contributed by atoms with van der Waals surface area (Å²) in [6.45, 7) is 11.7. The monoisotopic (exact) mass is 335 g/mol. The minimum absolute atomic E-state index is 0.151. The maximum Gasteiger partial charge on any atom is 0.407 e. The number of carbonyl (C=O) groups is 2. The zero-order valence-electron chi connectivity index (χ0n) is 15.3. The number of benzene rings is 1. The van der Waals surface area contributed by atoms with E-state index in [4.69, 9.17) is 4.74 Å². The Morgan fingerprint density at radius 2 is 1.67 bits per heavy atom. The molecule has 2 amide bonds. The van der Waals surface area contributed by atoms with E-state index in [1.807, 2.05) is 24.3 Å². The van der Waals surface area contributed by atoms with E-state index < -0.39 is 11.7 Å². The predicted molar refractivity (Wildman–Crippen MR) is 97.5 cm³/mol. The number of amides is 2. The summed E-state index contributed by atoms with van der Waals surface area (Å²) in [6.07, 6.45) is -0.323. The largest absolute Gasteiger partial charge is 0.444 e. The summed E-state index contributed by atoms with van der Waals surface area (Å²) >= 11 is 0. The number of nitrogens with zero attached hydrogens (tertiary/aromatic N) is 1. The minimum Gasteiger partial charge on any atom is -0.444 e. The highest BCUT2D eigenvalue weighted by Gasteiger charge is 2.15. The van der Waals surface area contributed by atoms with Gasteiger partial charge in [0, 0.05) is 37.4 Å². The number of alkyl carbamates (subject to hydrolysis) is 1. The lowest BCUT2D eigenvalue weighted by Crippen LogP contribution is -2.34. The first-order valence-corrected chi connectivity index (χ1v) is 8.37. The van der Waals surface area contributed by atoms with Gasteiger partial charge < -0.3 is 20.3 Å². The Balaban J connectivity index is 2.39. The van der Waals surface area contributed by atoms with Gasteiger partial charge in [0.1, 0.15) is 5.60 Å². The van der Waals surface area contributed by atoms with Crippen molar-refractivity contribution in [2.45, 2.75) is 46.6 Å². The Morgan fingerprint density at radius 1 is 1.08 bits per heavy atom. The van der Waals surface area contributed by atoms with Crippen LogP contribution in [0, 0.1) is 0 Å². The van der Waals surface area contributed by atoms with Crippen molar-refractivity contribution in [2.24, 2.45) is 0 Å². The Morgan fingerprint density at radius 3 is 2.17 bits per heavy atom. The summed E-state index contributed by atoms with van der Waals surface area (Å²) in [7, 11) is 0. The van der Waals surface area contributed by atoms with Gasteiger partial charge in [-0.25, -0.2) is 4.79 Å². The van der Waals surface area contributed by atoms with Crippen molar-refractivity contribution in [3.8, 4) is 0 Å². The smallest absolute Gasteiger partial charge is 0.407 e. The van der Waals surface area contributed by atoms with E-state index in [-0.39, 0.29) is 18.9 Å². The quantitative estimate of drug-likeness (QED) is 0.801. The van der Waals surface area contributed by atoms with E-state index in [0.29, 0.717) is 0 Å². The van der Waals surface area contributed by atoms with Crippen LogP contribution >= 0.6 is 0 Å². The fourth-order valence-electron chi connectivity index (χ4n) is 2.16. The maximum atomic E-state index is 11.9. The van der Waals surface area contributed by atoms with Crippen molar-refractivity contribution in [1.29, 1.82) is 0 Å². The third-order valence-corrected chi connectivity index (χ3v) is 3.30. The van der Waals surface area contributed by atoms with E-state index in [2.05, 4.69) is 29.4 Å². The SMILES string of the molecule is CCN(CC)c1ccc(NC(=O)CCNC(=O)OC(C)(C)C)cc1. The molecule has 0 saturated heterocycles. The lowest BCUT2D eigenvalue weighted by molar-refractivity contribution is -0.116. The van der Waals surface area contributed by atoms with Gasteiger partial charge >= 0.3 is 6.09 Å². The first-order chi connectivity index (χ1) is 11.2. The molecule has 0 aliphatic rings. The zero-order chi connectivity index (χ0) is 18.2. The second-order valence-electron chi connectivity index (χ2n) is 6.45. The van der Waals surface area contributed by atoms with Crippen molar-refractivity contribution < 1.29 is 14.3 Å². The number of anilines is 2. The van der Waals surface area contributed by atoms with Gasteiger partial charge in [-0.3, -0.25) is 4.79 Å². The van der Waals surface area contributed by atoms with E-state index >= 15 is 0 Å². The summed E-state index contributed by atoms with van der Waals surface area (Å²) < 4.78 is 5.11. The van der Waals surface area contributed by atoms with E-state index in [0.717, 1.165) is 24.5 Å². The van der Waals surface area contributed by atoms with Gasteiger partial charge in [0.05, 0.1) is 0 Å². The predicted octanol–water partition coefficient (Wildman–Crippen LogP) is 3.39. The lowest BCUT2D eigenvalue weighted by Gasteiger charge is -2.21.